The third-order valence-electron chi connectivity index (χ3n) is 3.27. The summed E-state index contributed by atoms with van der Waals surface area (Å²) in [5.74, 6) is 0.909. The minimum atomic E-state index is -0.308. The molecule has 1 aliphatic rings. The fourth-order valence-corrected chi connectivity index (χ4v) is 2.20. The number of hydrogen-bond acceptors (Lipinski definition) is 4. The molecule has 1 aromatic heterocycles. The van der Waals surface area contributed by atoms with Crippen LogP contribution in [0.5, 0.6) is 0 Å². The van der Waals surface area contributed by atoms with E-state index in [4.69, 9.17) is 21.9 Å². The van der Waals surface area contributed by atoms with Gasteiger partial charge in [0.25, 0.3) is 5.91 Å². The second-order valence-corrected chi connectivity index (χ2v) is 5.26. The van der Waals surface area contributed by atoms with Gasteiger partial charge in [0.05, 0.1) is 0 Å². The topological polar surface area (TPSA) is 81.1 Å². The molecule has 1 amide bonds. The number of carbonyl (C=O) groups excluding carboxylic acids is 1. The lowest BCUT2D eigenvalue weighted by atomic mass is 10.2. The fourth-order valence-electron chi connectivity index (χ4n) is 1.94. The van der Waals surface area contributed by atoms with Gasteiger partial charge in [-0.3, -0.25) is 4.79 Å². The lowest BCUT2D eigenvalue weighted by Crippen LogP contribution is -2.12. The first-order valence-corrected chi connectivity index (χ1v) is 6.81. The molecule has 0 bridgehead atoms. The zero-order valence-corrected chi connectivity index (χ0v) is 11.5. The molecular weight excluding hydrogens is 278 g/mol. The largest absolute Gasteiger partial charge is 0.360 e. The summed E-state index contributed by atoms with van der Waals surface area (Å²) >= 11 is 6.05. The number of anilines is 1. The Bertz CT molecular complexity index is 650. The van der Waals surface area contributed by atoms with Crippen LogP contribution < -0.4 is 11.1 Å². The molecule has 6 heteroatoms. The van der Waals surface area contributed by atoms with Crippen LogP contribution in [-0.4, -0.2) is 11.1 Å². The van der Waals surface area contributed by atoms with Gasteiger partial charge < -0.3 is 15.6 Å². The van der Waals surface area contributed by atoms with Crippen molar-refractivity contribution in [3.8, 4) is 0 Å². The molecule has 0 atom stereocenters. The van der Waals surface area contributed by atoms with Crippen LogP contribution in [0, 0.1) is 0 Å². The average Bonchev–Trinajstić information content (AvgIpc) is 3.16. The maximum absolute atomic E-state index is 12.0. The van der Waals surface area contributed by atoms with Gasteiger partial charge in [0.1, 0.15) is 5.76 Å². The van der Waals surface area contributed by atoms with Crippen LogP contribution in [0.1, 0.15) is 40.6 Å². The molecule has 2 aromatic rings. The molecule has 0 saturated heterocycles. The smallest absolute Gasteiger partial charge is 0.277 e. The molecule has 3 rings (SSSR count). The molecular formula is C14H14ClN3O2. The van der Waals surface area contributed by atoms with Crippen LogP contribution in [0.4, 0.5) is 5.69 Å². The zero-order valence-electron chi connectivity index (χ0n) is 10.7. The quantitative estimate of drug-likeness (QED) is 0.907. The Balaban J connectivity index is 1.72. The van der Waals surface area contributed by atoms with Crippen molar-refractivity contribution in [1.82, 2.24) is 5.16 Å². The number of hydrogen-bond donors (Lipinski definition) is 2. The van der Waals surface area contributed by atoms with Crippen molar-refractivity contribution >= 4 is 23.2 Å². The standard InChI is InChI=1S/C14H14ClN3O2/c15-11-5-10(4-3-9(11)7-16)17-14(19)12-6-13(20-18-12)8-1-2-8/h3-6,8H,1-2,7,16H2,(H,17,19). The van der Waals surface area contributed by atoms with Crippen molar-refractivity contribution in [1.29, 1.82) is 0 Å². The Morgan fingerprint density at radius 1 is 1.45 bits per heavy atom. The molecule has 1 fully saturated rings. The summed E-state index contributed by atoms with van der Waals surface area (Å²) in [6, 6.07) is 6.91. The van der Waals surface area contributed by atoms with Crippen LogP contribution in [0.15, 0.2) is 28.8 Å². The van der Waals surface area contributed by atoms with Crippen molar-refractivity contribution < 1.29 is 9.32 Å². The molecule has 3 N–H and O–H groups in total. The molecule has 0 aliphatic heterocycles. The van der Waals surface area contributed by atoms with Crippen molar-refractivity contribution in [2.24, 2.45) is 5.73 Å². The van der Waals surface area contributed by atoms with Gasteiger partial charge in [0.2, 0.25) is 0 Å². The Labute approximate surface area is 121 Å². The Morgan fingerprint density at radius 3 is 2.90 bits per heavy atom. The molecule has 0 unspecified atom stereocenters. The molecule has 5 nitrogen and oxygen atoms in total. The molecule has 1 aliphatic carbocycles. The van der Waals surface area contributed by atoms with Gasteiger partial charge in [-0.2, -0.15) is 0 Å². The number of benzene rings is 1. The van der Waals surface area contributed by atoms with Crippen molar-refractivity contribution in [3.63, 3.8) is 0 Å². The molecule has 20 heavy (non-hydrogen) atoms. The van der Waals surface area contributed by atoms with Gasteiger partial charge in [0, 0.05) is 29.2 Å². The average molecular weight is 292 g/mol. The normalized spacial score (nSPS) is 14.3. The van der Waals surface area contributed by atoms with Crippen LogP contribution in [0.25, 0.3) is 0 Å². The van der Waals surface area contributed by atoms with Crippen molar-refractivity contribution in [3.05, 3.63) is 46.3 Å². The second kappa shape index (κ2) is 5.26. The number of carbonyl (C=O) groups is 1. The number of nitrogens with zero attached hydrogens (tertiary/aromatic N) is 1. The SMILES string of the molecule is NCc1ccc(NC(=O)c2cc(C3CC3)on2)cc1Cl. The van der Waals surface area contributed by atoms with Gasteiger partial charge in [-0.15, -0.1) is 0 Å². The van der Waals surface area contributed by atoms with Crippen molar-refractivity contribution in [2.75, 3.05) is 5.32 Å². The highest BCUT2D eigenvalue weighted by Crippen LogP contribution is 2.40. The molecule has 104 valence electrons. The van der Waals surface area contributed by atoms with E-state index in [-0.39, 0.29) is 11.6 Å². The second-order valence-electron chi connectivity index (χ2n) is 4.85. The predicted molar refractivity (Wildman–Crippen MR) is 75.8 cm³/mol. The molecule has 1 aromatic carbocycles. The van der Waals surface area contributed by atoms with E-state index in [0.717, 1.165) is 24.2 Å². The maximum Gasteiger partial charge on any atom is 0.277 e. The summed E-state index contributed by atoms with van der Waals surface area (Å²) in [4.78, 5) is 12.0. The highest BCUT2D eigenvalue weighted by Gasteiger charge is 2.28. The lowest BCUT2D eigenvalue weighted by molar-refractivity contribution is 0.101. The Morgan fingerprint density at radius 2 is 2.25 bits per heavy atom. The number of aromatic nitrogens is 1. The van der Waals surface area contributed by atoms with E-state index < -0.39 is 0 Å². The Kier molecular flexibility index (Phi) is 3.46. The first kappa shape index (κ1) is 13.1. The zero-order chi connectivity index (χ0) is 14.1. The first-order chi connectivity index (χ1) is 9.67. The van der Waals surface area contributed by atoms with Crippen LogP contribution in [-0.2, 0) is 6.54 Å². The third-order valence-corrected chi connectivity index (χ3v) is 3.62. The predicted octanol–water partition coefficient (Wildman–Crippen LogP) is 2.92. The molecule has 1 heterocycles. The third kappa shape index (κ3) is 2.69. The minimum absolute atomic E-state index is 0.283. The molecule has 1 saturated carbocycles. The van der Waals surface area contributed by atoms with Gasteiger partial charge in [-0.05, 0) is 30.5 Å². The van der Waals surface area contributed by atoms with Gasteiger partial charge >= 0.3 is 0 Å². The minimum Gasteiger partial charge on any atom is -0.360 e. The number of halogens is 1. The van der Waals surface area contributed by atoms with Crippen LogP contribution in [0.3, 0.4) is 0 Å². The number of nitrogens with one attached hydrogen (secondary N) is 1. The summed E-state index contributed by atoms with van der Waals surface area (Å²) in [6.45, 7) is 0.362. The van der Waals surface area contributed by atoms with E-state index in [0.29, 0.717) is 23.2 Å². The van der Waals surface area contributed by atoms with Crippen molar-refractivity contribution in [2.45, 2.75) is 25.3 Å². The van der Waals surface area contributed by atoms with E-state index in [1.807, 2.05) is 0 Å². The number of rotatable bonds is 4. The van der Waals surface area contributed by atoms with E-state index >= 15 is 0 Å². The van der Waals surface area contributed by atoms with Gasteiger partial charge in [-0.1, -0.05) is 22.8 Å². The highest BCUT2D eigenvalue weighted by atomic mass is 35.5. The van der Waals surface area contributed by atoms with E-state index in [1.165, 1.54) is 0 Å². The first-order valence-electron chi connectivity index (χ1n) is 6.44. The number of amides is 1. The molecule has 0 spiro atoms. The summed E-state index contributed by atoms with van der Waals surface area (Å²) in [7, 11) is 0. The van der Waals surface area contributed by atoms with Gasteiger partial charge in [0.15, 0.2) is 5.69 Å². The lowest BCUT2D eigenvalue weighted by Gasteiger charge is -2.06. The summed E-state index contributed by atoms with van der Waals surface area (Å²) in [5.41, 5.74) is 7.26. The monoisotopic (exact) mass is 291 g/mol. The van der Waals surface area contributed by atoms with Crippen LogP contribution >= 0.6 is 11.6 Å². The van der Waals surface area contributed by atoms with E-state index in [1.54, 1.807) is 24.3 Å². The summed E-state index contributed by atoms with van der Waals surface area (Å²) < 4.78 is 5.15. The maximum atomic E-state index is 12.0. The number of nitrogens with two attached hydrogens (primary N) is 1. The summed E-state index contributed by atoms with van der Waals surface area (Å²) in [6.07, 6.45) is 2.21. The molecule has 0 radical (unpaired) electrons. The highest BCUT2D eigenvalue weighted by molar-refractivity contribution is 6.31. The van der Waals surface area contributed by atoms with Crippen LogP contribution in [0.2, 0.25) is 5.02 Å². The summed E-state index contributed by atoms with van der Waals surface area (Å²) in [5, 5.41) is 7.06. The Hall–Kier alpha value is -1.85. The van der Waals surface area contributed by atoms with E-state index in [9.17, 15) is 4.79 Å². The van der Waals surface area contributed by atoms with Gasteiger partial charge in [-0.25, -0.2) is 0 Å². The fraction of sp³-hybridized carbons (Fsp3) is 0.286. The van der Waals surface area contributed by atoms with E-state index in [2.05, 4.69) is 10.5 Å².